The zero-order chi connectivity index (χ0) is 14.9. The lowest BCUT2D eigenvalue weighted by atomic mass is 9.96. The Hall–Kier alpha value is -2.17. The Morgan fingerprint density at radius 1 is 1.27 bits per heavy atom. The summed E-state index contributed by atoms with van der Waals surface area (Å²) < 4.78 is 0. The predicted molar refractivity (Wildman–Crippen MR) is 82.0 cm³/mol. The number of likely N-dealkylation sites (tertiary alicyclic amines) is 1. The van der Waals surface area contributed by atoms with E-state index in [-0.39, 0.29) is 12.0 Å². The van der Waals surface area contributed by atoms with Gasteiger partial charge in [0.15, 0.2) is 0 Å². The number of amides is 1. The third-order valence-corrected chi connectivity index (χ3v) is 4.91. The number of H-pyrrole nitrogens is 1. The average Bonchev–Trinajstić information content (AvgIpc) is 3.20. The molecule has 2 aliphatic rings. The van der Waals surface area contributed by atoms with Crippen LogP contribution in [0, 0.1) is 5.92 Å². The first-order valence-corrected chi connectivity index (χ1v) is 8.03. The molecule has 2 aromatic heterocycles. The van der Waals surface area contributed by atoms with Crippen LogP contribution in [-0.4, -0.2) is 32.5 Å². The molecule has 0 radical (unpaired) electrons. The fraction of sp³-hybridized carbons (Fsp3) is 0.471. The lowest BCUT2D eigenvalue weighted by molar-refractivity contribution is -0.136. The number of nitrogens with zero attached hydrogens (tertiary/aromatic N) is 3. The van der Waals surface area contributed by atoms with E-state index in [1.165, 1.54) is 12.0 Å². The van der Waals surface area contributed by atoms with Gasteiger partial charge >= 0.3 is 0 Å². The number of carbonyl (C=O) groups is 1. The third-order valence-electron chi connectivity index (χ3n) is 4.91. The topological polar surface area (TPSA) is 61.9 Å². The van der Waals surface area contributed by atoms with Crippen LogP contribution in [0.3, 0.4) is 0 Å². The number of nitrogens with one attached hydrogen (secondary N) is 1. The molecule has 0 bridgehead atoms. The minimum absolute atomic E-state index is 0.136. The Kier molecular flexibility index (Phi) is 3.41. The molecule has 0 spiro atoms. The van der Waals surface area contributed by atoms with Gasteiger partial charge in [-0.2, -0.15) is 5.10 Å². The standard InChI is InChI=1S/C17H20N4O/c22-17(15-8-14(15)12-4-3-6-18-9-12)21-7-2-1-5-16(21)13-10-19-20-11-13/h3-4,6,9-11,14-16H,1-2,5,7-8H2,(H,19,20). The van der Waals surface area contributed by atoms with Crippen molar-refractivity contribution >= 4 is 5.91 Å². The van der Waals surface area contributed by atoms with Crippen molar-refractivity contribution in [2.45, 2.75) is 37.6 Å². The van der Waals surface area contributed by atoms with Gasteiger partial charge in [-0.05, 0) is 43.2 Å². The summed E-state index contributed by atoms with van der Waals surface area (Å²) in [7, 11) is 0. The van der Waals surface area contributed by atoms with Gasteiger partial charge in [0.25, 0.3) is 0 Å². The normalized spacial score (nSPS) is 27.6. The Morgan fingerprint density at radius 3 is 3.00 bits per heavy atom. The van der Waals surface area contributed by atoms with E-state index >= 15 is 0 Å². The van der Waals surface area contributed by atoms with Crippen LogP contribution in [0.25, 0.3) is 0 Å². The molecule has 5 heteroatoms. The highest BCUT2D eigenvalue weighted by Crippen LogP contribution is 2.49. The highest BCUT2D eigenvalue weighted by atomic mass is 16.2. The summed E-state index contributed by atoms with van der Waals surface area (Å²) in [6.45, 7) is 0.866. The van der Waals surface area contributed by atoms with Crippen molar-refractivity contribution < 1.29 is 4.79 Å². The van der Waals surface area contributed by atoms with Crippen molar-refractivity contribution in [2.75, 3.05) is 6.54 Å². The maximum absolute atomic E-state index is 12.9. The second-order valence-electron chi connectivity index (χ2n) is 6.31. The van der Waals surface area contributed by atoms with Crippen LogP contribution in [0.2, 0.25) is 0 Å². The molecule has 5 nitrogen and oxygen atoms in total. The molecular weight excluding hydrogens is 276 g/mol. The van der Waals surface area contributed by atoms with Crippen molar-refractivity contribution in [3.05, 3.63) is 48.0 Å². The van der Waals surface area contributed by atoms with Crippen LogP contribution < -0.4 is 0 Å². The number of aromatic nitrogens is 3. The summed E-state index contributed by atoms with van der Waals surface area (Å²) in [5.41, 5.74) is 2.32. The van der Waals surface area contributed by atoms with Gasteiger partial charge in [0.05, 0.1) is 12.2 Å². The molecule has 4 rings (SSSR count). The first-order chi connectivity index (χ1) is 10.8. The van der Waals surface area contributed by atoms with Crippen LogP contribution in [0.15, 0.2) is 36.9 Å². The van der Waals surface area contributed by atoms with Crippen LogP contribution in [-0.2, 0) is 4.79 Å². The van der Waals surface area contributed by atoms with Gasteiger partial charge in [0.1, 0.15) is 0 Å². The van der Waals surface area contributed by atoms with Crippen LogP contribution in [0.4, 0.5) is 0 Å². The molecule has 114 valence electrons. The monoisotopic (exact) mass is 296 g/mol. The van der Waals surface area contributed by atoms with Crippen LogP contribution in [0.5, 0.6) is 0 Å². The minimum atomic E-state index is 0.136. The van der Waals surface area contributed by atoms with E-state index in [0.717, 1.165) is 31.4 Å². The summed E-state index contributed by atoms with van der Waals surface area (Å²) in [6.07, 6.45) is 11.7. The van der Waals surface area contributed by atoms with Gasteiger partial charge in [-0.15, -0.1) is 0 Å². The van der Waals surface area contributed by atoms with E-state index in [9.17, 15) is 4.79 Å². The number of hydrogen-bond donors (Lipinski definition) is 1. The van der Waals surface area contributed by atoms with Crippen molar-refractivity contribution in [1.29, 1.82) is 0 Å². The zero-order valence-corrected chi connectivity index (χ0v) is 12.5. The van der Waals surface area contributed by atoms with Crippen molar-refractivity contribution in [3.8, 4) is 0 Å². The first kappa shape index (κ1) is 13.5. The maximum Gasteiger partial charge on any atom is 0.226 e. The Morgan fingerprint density at radius 2 is 2.23 bits per heavy atom. The molecule has 1 amide bonds. The third kappa shape index (κ3) is 2.40. The Bertz CT molecular complexity index is 640. The number of rotatable bonds is 3. The van der Waals surface area contributed by atoms with Gasteiger partial charge in [0, 0.05) is 36.6 Å². The molecule has 1 N–H and O–H groups in total. The van der Waals surface area contributed by atoms with Crippen molar-refractivity contribution in [1.82, 2.24) is 20.1 Å². The fourth-order valence-corrected chi connectivity index (χ4v) is 3.63. The van der Waals surface area contributed by atoms with Gasteiger partial charge in [-0.1, -0.05) is 6.07 Å². The number of piperidine rings is 1. The largest absolute Gasteiger partial charge is 0.335 e. The quantitative estimate of drug-likeness (QED) is 0.947. The lowest BCUT2D eigenvalue weighted by Crippen LogP contribution is -2.39. The van der Waals surface area contributed by atoms with E-state index in [0.29, 0.717) is 11.8 Å². The minimum Gasteiger partial charge on any atom is -0.335 e. The number of hydrogen-bond acceptors (Lipinski definition) is 3. The Balaban J connectivity index is 1.50. The highest BCUT2D eigenvalue weighted by molar-refractivity contribution is 5.83. The molecular formula is C17H20N4O. The first-order valence-electron chi connectivity index (χ1n) is 8.03. The molecule has 1 saturated heterocycles. The number of pyridine rings is 1. The second kappa shape index (κ2) is 5.55. The molecule has 2 aromatic rings. The Labute approximate surface area is 129 Å². The van der Waals surface area contributed by atoms with Crippen molar-refractivity contribution in [3.63, 3.8) is 0 Å². The van der Waals surface area contributed by atoms with Gasteiger partial charge in [-0.25, -0.2) is 0 Å². The van der Waals surface area contributed by atoms with Crippen LogP contribution in [0.1, 0.15) is 48.8 Å². The number of carbonyl (C=O) groups excluding carboxylic acids is 1. The molecule has 3 atom stereocenters. The molecule has 22 heavy (non-hydrogen) atoms. The van der Waals surface area contributed by atoms with E-state index < -0.39 is 0 Å². The van der Waals surface area contributed by atoms with Crippen molar-refractivity contribution in [2.24, 2.45) is 5.92 Å². The lowest BCUT2D eigenvalue weighted by Gasteiger charge is -2.35. The summed E-state index contributed by atoms with van der Waals surface area (Å²) in [5, 5.41) is 6.91. The number of aromatic amines is 1. The molecule has 2 fully saturated rings. The van der Waals surface area contributed by atoms with E-state index in [4.69, 9.17) is 0 Å². The molecule has 3 heterocycles. The average molecular weight is 296 g/mol. The molecule has 1 aliphatic heterocycles. The SMILES string of the molecule is O=C(C1CC1c1cccnc1)N1CCCCC1c1cn[nH]c1. The summed E-state index contributed by atoms with van der Waals surface area (Å²) in [4.78, 5) is 19.2. The molecule has 0 aromatic carbocycles. The second-order valence-corrected chi connectivity index (χ2v) is 6.31. The summed E-state index contributed by atoms with van der Waals surface area (Å²) >= 11 is 0. The van der Waals surface area contributed by atoms with E-state index in [1.807, 2.05) is 24.7 Å². The smallest absolute Gasteiger partial charge is 0.226 e. The zero-order valence-electron chi connectivity index (χ0n) is 12.5. The highest BCUT2D eigenvalue weighted by Gasteiger charge is 2.47. The molecule has 1 saturated carbocycles. The maximum atomic E-state index is 12.9. The molecule has 3 unspecified atom stereocenters. The van der Waals surface area contributed by atoms with Gasteiger partial charge in [-0.3, -0.25) is 14.9 Å². The van der Waals surface area contributed by atoms with E-state index in [1.54, 1.807) is 6.20 Å². The van der Waals surface area contributed by atoms with Crippen LogP contribution >= 0.6 is 0 Å². The predicted octanol–water partition coefficient (Wildman–Crippen LogP) is 2.66. The van der Waals surface area contributed by atoms with E-state index in [2.05, 4.69) is 26.1 Å². The van der Waals surface area contributed by atoms with Gasteiger partial charge < -0.3 is 4.90 Å². The summed E-state index contributed by atoms with van der Waals surface area (Å²) in [6, 6.07) is 4.22. The summed E-state index contributed by atoms with van der Waals surface area (Å²) in [5.74, 6) is 0.796. The van der Waals surface area contributed by atoms with Gasteiger partial charge in [0.2, 0.25) is 5.91 Å². The fourth-order valence-electron chi connectivity index (χ4n) is 3.63. The molecule has 1 aliphatic carbocycles.